The van der Waals surface area contributed by atoms with Crippen molar-refractivity contribution in [3.63, 3.8) is 0 Å². The van der Waals surface area contributed by atoms with Gasteiger partial charge in [0.15, 0.2) is 17.5 Å². The molecule has 3 aliphatic rings. The van der Waals surface area contributed by atoms with Crippen LogP contribution in [0.15, 0.2) is 222 Å². The lowest BCUT2D eigenvalue weighted by Crippen LogP contribution is -2.28. The van der Waals surface area contributed by atoms with Crippen LogP contribution in [0, 0.1) is 5.92 Å². The van der Waals surface area contributed by atoms with E-state index in [4.69, 9.17) is 19.4 Å². The summed E-state index contributed by atoms with van der Waals surface area (Å²) in [6, 6.07) is 60.2. The summed E-state index contributed by atoms with van der Waals surface area (Å²) in [7, 11) is 0. The van der Waals surface area contributed by atoms with Gasteiger partial charge in [-0.25, -0.2) is 15.0 Å². The highest BCUT2D eigenvalue weighted by Gasteiger charge is 2.54. The van der Waals surface area contributed by atoms with E-state index in [1.54, 1.807) is 0 Å². The Hall–Kier alpha value is -7.95. The van der Waals surface area contributed by atoms with Crippen LogP contribution in [0.25, 0.3) is 78.4 Å². The van der Waals surface area contributed by atoms with Gasteiger partial charge in [-0.05, 0) is 92.3 Å². The van der Waals surface area contributed by atoms with Crippen molar-refractivity contribution in [1.82, 2.24) is 15.0 Å². The van der Waals surface area contributed by atoms with Crippen molar-refractivity contribution in [1.29, 1.82) is 0 Å². The molecule has 2 heterocycles. The summed E-state index contributed by atoms with van der Waals surface area (Å²) in [5.41, 5.74) is 17.9. The maximum atomic E-state index is 6.30. The molecular formula is C59H41N3O. The Bertz CT molecular complexity index is 3440. The van der Waals surface area contributed by atoms with Crippen molar-refractivity contribution < 1.29 is 4.42 Å². The number of para-hydroxylation sites is 1. The quantitative estimate of drug-likeness (QED) is 0.174. The van der Waals surface area contributed by atoms with Gasteiger partial charge in [0.05, 0.1) is 5.41 Å². The molecule has 7 aromatic carbocycles. The second kappa shape index (κ2) is 14.6. The Labute approximate surface area is 366 Å². The van der Waals surface area contributed by atoms with Crippen molar-refractivity contribution in [2.75, 3.05) is 0 Å². The number of furan rings is 1. The molecule has 1 spiro atoms. The average Bonchev–Trinajstić information content (AvgIpc) is 3.98. The van der Waals surface area contributed by atoms with E-state index in [1.165, 1.54) is 50.1 Å². The number of nitrogens with zero attached hydrogens (tertiary/aromatic N) is 3. The zero-order valence-corrected chi connectivity index (χ0v) is 35.0. The molecule has 0 N–H and O–H groups in total. The van der Waals surface area contributed by atoms with Crippen molar-refractivity contribution in [3.8, 4) is 45.3 Å². The Morgan fingerprint density at radius 2 is 1.11 bits per heavy atom. The fourth-order valence-electron chi connectivity index (χ4n) is 10.4. The van der Waals surface area contributed by atoms with E-state index in [0.717, 1.165) is 49.8 Å². The van der Waals surface area contributed by atoms with Gasteiger partial charge in [0.2, 0.25) is 0 Å². The van der Waals surface area contributed by atoms with Crippen molar-refractivity contribution in [2.45, 2.75) is 19.3 Å². The number of hydrogen-bond acceptors (Lipinski definition) is 4. The van der Waals surface area contributed by atoms with Gasteiger partial charge in [-0.15, -0.1) is 0 Å². The summed E-state index contributed by atoms with van der Waals surface area (Å²) in [4.78, 5) is 15.5. The van der Waals surface area contributed by atoms with Crippen molar-refractivity contribution >= 4 is 33.1 Å². The molecule has 0 bridgehead atoms. The molecule has 0 saturated carbocycles. The maximum Gasteiger partial charge on any atom is 0.164 e. The molecule has 4 heteroatoms. The Kier molecular flexibility index (Phi) is 8.55. The van der Waals surface area contributed by atoms with Gasteiger partial charge in [-0.2, -0.15) is 0 Å². The molecule has 0 radical (unpaired) electrons. The number of rotatable bonds is 5. The van der Waals surface area contributed by atoms with Crippen LogP contribution in [0.4, 0.5) is 0 Å². The van der Waals surface area contributed by atoms with Gasteiger partial charge in [-0.1, -0.05) is 195 Å². The van der Waals surface area contributed by atoms with Gasteiger partial charge in [0.1, 0.15) is 11.2 Å². The Balaban J connectivity index is 1.06. The minimum absolute atomic E-state index is 0.160. The molecule has 0 amide bonds. The smallest absolute Gasteiger partial charge is 0.164 e. The monoisotopic (exact) mass is 807 g/mol. The average molecular weight is 808 g/mol. The van der Waals surface area contributed by atoms with Crippen LogP contribution >= 0.6 is 0 Å². The topological polar surface area (TPSA) is 51.8 Å². The van der Waals surface area contributed by atoms with Gasteiger partial charge >= 0.3 is 0 Å². The highest BCUT2D eigenvalue weighted by Crippen LogP contribution is 2.65. The van der Waals surface area contributed by atoms with Crippen LogP contribution in [0.3, 0.4) is 0 Å². The summed E-state index contributed by atoms with van der Waals surface area (Å²) >= 11 is 0. The zero-order chi connectivity index (χ0) is 42.1. The van der Waals surface area contributed by atoms with Crippen LogP contribution in [0.2, 0.25) is 0 Å². The van der Waals surface area contributed by atoms with Gasteiger partial charge < -0.3 is 4.42 Å². The van der Waals surface area contributed by atoms with E-state index < -0.39 is 5.41 Å². The molecule has 0 fully saturated rings. The number of aromatic nitrogens is 3. The lowest BCUT2D eigenvalue weighted by Gasteiger charge is -2.34. The van der Waals surface area contributed by atoms with Gasteiger partial charge in [0, 0.05) is 27.5 Å². The lowest BCUT2D eigenvalue weighted by atomic mass is 9.67. The number of hydrogen-bond donors (Lipinski definition) is 0. The van der Waals surface area contributed by atoms with Crippen molar-refractivity contribution in [3.05, 3.63) is 245 Å². The van der Waals surface area contributed by atoms with E-state index in [-0.39, 0.29) is 5.92 Å². The van der Waals surface area contributed by atoms with Crippen LogP contribution in [0.1, 0.15) is 41.7 Å². The molecule has 298 valence electrons. The highest BCUT2D eigenvalue weighted by molar-refractivity contribution is 6.12. The SMILES string of the molecule is C\C=C/C=C1\C(=C2/C=C(c3cccc(-c4nc(-c5ccccc5)nc(-c5cccc6oc7ccccc7c56)n4)c3)C=CC2C)C2(c3ccccc31)c1ccccc1-c1ccccc12. The Morgan fingerprint density at radius 3 is 1.87 bits per heavy atom. The molecule has 63 heavy (non-hydrogen) atoms. The first-order valence-electron chi connectivity index (χ1n) is 21.7. The summed E-state index contributed by atoms with van der Waals surface area (Å²) < 4.78 is 6.30. The third-order valence-corrected chi connectivity index (χ3v) is 13.1. The molecule has 9 aromatic rings. The van der Waals surface area contributed by atoms with Crippen LogP contribution in [-0.4, -0.2) is 15.0 Å². The third kappa shape index (κ3) is 5.65. The fraction of sp³-hybridized carbons (Fsp3) is 0.0678. The predicted octanol–water partition coefficient (Wildman–Crippen LogP) is 14.6. The summed E-state index contributed by atoms with van der Waals surface area (Å²) in [5, 5.41) is 2.02. The first kappa shape index (κ1) is 36.9. The van der Waals surface area contributed by atoms with Crippen molar-refractivity contribution in [2.24, 2.45) is 5.92 Å². The second-order valence-corrected chi connectivity index (χ2v) is 16.6. The maximum absolute atomic E-state index is 6.30. The largest absolute Gasteiger partial charge is 0.456 e. The summed E-state index contributed by atoms with van der Waals surface area (Å²) in [5.74, 6) is 1.99. The molecule has 1 atom stereocenters. The molecule has 0 saturated heterocycles. The lowest BCUT2D eigenvalue weighted by molar-refractivity contribution is 0.669. The second-order valence-electron chi connectivity index (χ2n) is 16.6. The first-order chi connectivity index (χ1) is 31.1. The highest BCUT2D eigenvalue weighted by atomic mass is 16.3. The summed E-state index contributed by atoms with van der Waals surface area (Å²) in [6.07, 6.45) is 13.7. The van der Waals surface area contributed by atoms with Crippen LogP contribution in [0.5, 0.6) is 0 Å². The molecule has 4 nitrogen and oxygen atoms in total. The van der Waals surface area contributed by atoms with Gasteiger partial charge in [-0.3, -0.25) is 0 Å². The van der Waals surface area contributed by atoms with Gasteiger partial charge in [0.25, 0.3) is 0 Å². The third-order valence-electron chi connectivity index (χ3n) is 13.1. The van der Waals surface area contributed by atoms with E-state index >= 15 is 0 Å². The van der Waals surface area contributed by atoms with Crippen LogP contribution in [-0.2, 0) is 5.41 Å². The van der Waals surface area contributed by atoms with E-state index in [9.17, 15) is 0 Å². The van der Waals surface area contributed by atoms with E-state index in [2.05, 4.69) is 172 Å². The molecule has 0 aliphatic heterocycles. The molecule has 2 aromatic heterocycles. The fourth-order valence-corrected chi connectivity index (χ4v) is 10.4. The molecule has 1 unspecified atom stereocenters. The minimum Gasteiger partial charge on any atom is -0.456 e. The van der Waals surface area contributed by atoms with E-state index in [1.807, 2.05) is 48.5 Å². The predicted molar refractivity (Wildman–Crippen MR) is 258 cm³/mol. The number of benzene rings is 7. The zero-order valence-electron chi connectivity index (χ0n) is 35.0. The minimum atomic E-state index is -0.478. The normalized spacial score (nSPS) is 17.8. The molecular weight excluding hydrogens is 767 g/mol. The number of fused-ring (bicyclic) bond motifs is 10. The molecule has 12 rings (SSSR count). The first-order valence-corrected chi connectivity index (χ1v) is 21.7. The number of allylic oxidation sites excluding steroid dienone is 10. The standard InChI is InChI=1S/C59H41N3O/c1-3-4-22-45-44-25-10-14-30-51(44)59(49-28-12-8-23-42(49)43-24-9-13-29-50(43)59)55(45)48-36-40(34-33-37(48)2)39-20-16-21-41(35-39)57-60-56(38-18-6-5-7-19-38)61-58(62-57)47-27-17-32-53-54(47)46-26-11-15-31-52(46)63-53/h3-37H,1-2H3/b4-3-,45-22-,55-48-. The summed E-state index contributed by atoms with van der Waals surface area (Å²) in [6.45, 7) is 4.43. The van der Waals surface area contributed by atoms with Crippen LogP contribution < -0.4 is 0 Å². The van der Waals surface area contributed by atoms with E-state index in [0.29, 0.717) is 17.5 Å². The Morgan fingerprint density at radius 1 is 0.540 bits per heavy atom. The molecule has 3 aliphatic carbocycles.